The van der Waals surface area contributed by atoms with Gasteiger partial charge in [-0.3, -0.25) is 0 Å². The van der Waals surface area contributed by atoms with E-state index < -0.39 is 0 Å². The zero-order valence-corrected chi connectivity index (χ0v) is 13.9. The molecule has 0 saturated carbocycles. The van der Waals surface area contributed by atoms with Crippen molar-refractivity contribution in [1.82, 2.24) is 0 Å². The monoisotopic (exact) mass is 298 g/mol. The predicted octanol–water partition coefficient (Wildman–Crippen LogP) is 6.70. The number of hydrogen-bond acceptors (Lipinski definition) is 0. The van der Waals surface area contributed by atoms with Crippen molar-refractivity contribution in [2.75, 3.05) is 0 Å². The van der Waals surface area contributed by atoms with Crippen LogP contribution in [0.5, 0.6) is 0 Å². The molecule has 118 valence electrons. The van der Waals surface area contributed by atoms with Gasteiger partial charge < -0.3 is 0 Å². The molecule has 0 aromatic heterocycles. The van der Waals surface area contributed by atoms with Crippen molar-refractivity contribution < 1.29 is 4.39 Å². The number of rotatable bonds is 8. The van der Waals surface area contributed by atoms with Crippen LogP contribution in [0.1, 0.15) is 56.6 Å². The molecule has 0 aliphatic heterocycles. The maximum atomic E-state index is 13.6. The standard InChI is InChI=1S/C21H27F/c1-3-4-5-6-7-8-9-18-11-14-19(15-12-18)20-13-10-17(2)21(22)16-20/h10-16H,3-9H2,1-2H3. The summed E-state index contributed by atoms with van der Waals surface area (Å²) in [5.74, 6) is -0.131. The van der Waals surface area contributed by atoms with Crippen LogP contribution in [0.2, 0.25) is 0 Å². The molecule has 0 bridgehead atoms. The highest BCUT2D eigenvalue weighted by molar-refractivity contribution is 5.64. The molecule has 0 nitrogen and oxygen atoms in total. The average molecular weight is 298 g/mol. The van der Waals surface area contributed by atoms with E-state index in [-0.39, 0.29) is 5.82 Å². The highest BCUT2D eigenvalue weighted by Crippen LogP contribution is 2.22. The summed E-state index contributed by atoms with van der Waals surface area (Å²) < 4.78 is 13.6. The number of benzene rings is 2. The first-order chi connectivity index (χ1) is 10.7. The van der Waals surface area contributed by atoms with Gasteiger partial charge in [0.15, 0.2) is 0 Å². The average Bonchev–Trinajstić information content (AvgIpc) is 2.54. The first kappa shape index (κ1) is 16.7. The smallest absolute Gasteiger partial charge is 0.126 e. The summed E-state index contributed by atoms with van der Waals surface area (Å²) in [6, 6.07) is 14.0. The molecule has 0 amide bonds. The molecule has 0 aliphatic rings. The van der Waals surface area contributed by atoms with E-state index >= 15 is 0 Å². The molecule has 0 saturated heterocycles. The van der Waals surface area contributed by atoms with E-state index in [1.165, 1.54) is 44.1 Å². The Hall–Kier alpha value is -1.63. The van der Waals surface area contributed by atoms with E-state index in [0.717, 1.165) is 17.5 Å². The quantitative estimate of drug-likeness (QED) is 0.475. The van der Waals surface area contributed by atoms with E-state index in [1.54, 1.807) is 13.0 Å². The van der Waals surface area contributed by atoms with Gasteiger partial charge in [-0.05, 0) is 48.1 Å². The lowest BCUT2D eigenvalue weighted by atomic mass is 10.00. The maximum absolute atomic E-state index is 13.6. The van der Waals surface area contributed by atoms with Gasteiger partial charge in [-0.1, -0.05) is 75.4 Å². The van der Waals surface area contributed by atoms with Crippen LogP contribution in [0, 0.1) is 12.7 Å². The lowest BCUT2D eigenvalue weighted by Gasteiger charge is -2.06. The zero-order valence-electron chi connectivity index (χ0n) is 13.9. The molecule has 0 radical (unpaired) electrons. The molecule has 0 fully saturated rings. The second-order valence-corrected chi connectivity index (χ2v) is 6.18. The van der Waals surface area contributed by atoms with Gasteiger partial charge in [-0.15, -0.1) is 0 Å². The third kappa shape index (κ3) is 4.98. The van der Waals surface area contributed by atoms with Crippen molar-refractivity contribution in [2.24, 2.45) is 0 Å². The van der Waals surface area contributed by atoms with Gasteiger partial charge in [0, 0.05) is 0 Å². The lowest BCUT2D eigenvalue weighted by molar-refractivity contribution is 0.607. The second-order valence-electron chi connectivity index (χ2n) is 6.18. The fourth-order valence-electron chi connectivity index (χ4n) is 2.75. The third-order valence-electron chi connectivity index (χ3n) is 4.28. The van der Waals surface area contributed by atoms with Crippen molar-refractivity contribution in [3.63, 3.8) is 0 Å². The highest BCUT2D eigenvalue weighted by atomic mass is 19.1. The Morgan fingerprint density at radius 1 is 0.773 bits per heavy atom. The molecule has 0 N–H and O–H groups in total. The van der Waals surface area contributed by atoms with Gasteiger partial charge in [0.2, 0.25) is 0 Å². The van der Waals surface area contributed by atoms with Crippen LogP contribution in [0.4, 0.5) is 4.39 Å². The molecule has 22 heavy (non-hydrogen) atoms. The number of unbranched alkanes of at least 4 members (excludes halogenated alkanes) is 5. The van der Waals surface area contributed by atoms with E-state index in [9.17, 15) is 4.39 Å². The molecule has 2 aromatic rings. The third-order valence-corrected chi connectivity index (χ3v) is 4.28. The van der Waals surface area contributed by atoms with Gasteiger partial charge >= 0.3 is 0 Å². The Labute approximate surface area is 134 Å². The summed E-state index contributed by atoms with van der Waals surface area (Å²) in [6.07, 6.45) is 9.13. The minimum Gasteiger partial charge on any atom is -0.207 e. The van der Waals surface area contributed by atoms with Gasteiger partial charge in [-0.2, -0.15) is 0 Å². The molecule has 2 rings (SSSR count). The molecule has 2 aromatic carbocycles. The van der Waals surface area contributed by atoms with Crippen LogP contribution in [0.15, 0.2) is 42.5 Å². The Bertz CT molecular complexity index is 569. The first-order valence-electron chi connectivity index (χ1n) is 8.56. The predicted molar refractivity (Wildman–Crippen MR) is 93.7 cm³/mol. The molecule has 0 unspecified atom stereocenters. The number of halogens is 1. The summed E-state index contributed by atoms with van der Waals surface area (Å²) in [6.45, 7) is 4.05. The van der Waals surface area contributed by atoms with Gasteiger partial charge in [-0.25, -0.2) is 4.39 Å². The van der Waals surface area contributed by atoms with E-state index in [0.29, 0.717) is 5.56 Å². The van der Waals surface area contributed by atoms with Crippen molar-refractivity contribution in [3.8, 4) is 11.1 Å². The summed E-state index contributed by atoms with van der Waals surface area (Å²) in [4.78, 5) is 0. The van der Waals surface area contributed by atoms with Gasteiger partial charge in [0.05, 0.1) is 0 Å². The molecule has 0 aliphatic carbocycles. The summed E-state index contributed by atoms with van der Waals surface area (Å²) >= 11 is 0. The molecule has 0 heterocycles. The van der Waals surface area contributed by atoms with E-state index in [1.807, 2.05) is 12.1 Å². The highest BCUT2D eigenvalue weighted by Gasteiger charge is 2.02. The molecular formula is C21H27F. The van der Waals surface area contributed by atoms with Crippen molar-refractivity contribution in [2.45, 2.75) is 58.8 Å². The zero-order chi connectivity index (χ0) is 15.8. The minimum atomic E-state index is -0.131. The van der Waals surface area contributed by atoms with Crippen LogP contribution in [-0.4, -0.2) is 0 Å². The lowest BCUT2D eigenvalue weighted by Crippen LogP contribution is -1.88. The molecule has 0 spiro atoms. The minimum absolute atomic E-state index is 0.131. The molecular weight excluding hydrogens is 271 g/mol. The van der Waals surface area contributed by atoms with Crippen molar-refractivity contribution >= 4 is 0 Å². The molecule has 1 heteroatoms. The van der Waals surface area contributed by atoms with Crippen LogP contribution in [-0.2, 0) is 6.42 Å². The van der Waals surface area contributed by atoms with Crippen LogP contribution in [0.3, 0.4) is 0 Å². The first-order valence-corrected chi connectivity index (χ1v) is 8.56. The van der Waals surface area contributed by atoms with Gasteiger partial charge in [0.25, 0.3) is 0 Å². The van der Waals surface area contributed by atoms with Crippen molar-refractivity contribution in [1.29, 1.82) is 0 Å². The summed E-state index contributed by atoms with van der Waals surface area (Å²) in [7, 11) is 0. The Balaban J connectivity index is 1.86. The Morgan fingerprint density at radius 2 is 1.41 bits per heavy atom. The SMILES string of the molecule is CCCCCCCCc1ccc(-c2ccc(C)c(F)c2)cc1. The van der Waals surface area contributed by atoms with Crippen LogP contribution < -0.4 is 0 Å². The Kier molecular flexibility index (Phi) is 6.64. The normalized spacial score (nSPS) is 10.9. The summed E-state index contributed by atoms with van der Waals surface area (Å²) in [5.41, 5.74) is 4.12. The van der Waals surface area contributed by atoms with E-state index in [4.69, 9.17) is 0 Å². The summed E-state index contributed by atoms with van der Waals surface area (Å²) in [5, 5.41) is 0. The maximum Gasteiger partial charge on any atom is 0.126 e. The van der Waals surface area contributed by atoms with Crippen LogP contribution >= 0.6 is 0 Å². The number of aryl methyl sites for hydroxylation is 2. The Morgan fingerprint density at radius 3 is 2.09 bits per heavy atom. The number of hydrogen-bond donors (Lipinski definition) is 0. The fraction of sp³-hybridized carbons (Fsp3) is 0.429. The largest absolute Gasteiger partial charge is 0.207 e. The topological polar surface area (TPSA) is 0 Å². The molecule has 0 atom stereocenters. The van der Waals surface area contributed by atoms with Gasteiger partial charge in [0.1, 0.15) is 5.82 Å². The fourth-order valence-corrected chi connectivity index (χ4v) is 2.75. The second kappa shape index (κ2) is 8.73. The van der Waals surface area contributed by atoms with Crippen LogP contribution in [0.25, 0.3) is 11.1 Å². The van der Waals surface area contributed by atoms with Crippen molar-refractivity contribution in [3.05, 3.63) is 59.4 Å². The van der Waals surface area contributed by atoms with E-state index in [2.05, 4.69) is 31.2 Å².